The van der Waals surface area contributed by atoms with Crippen LogP contribution in [-0.4, -0.2) is 49.4 Å². The number of hydrogen-bond donors (Lipinski definition) is 0. The molecule has 0 unspecified atom stereocenters. The normalized spacial score (nSPS) is 25.1. The van der Waals surface area contributed by atoms with E-state index in [1.54, 1.807) is 0 Å². The molecule has 0 aromatic carbocycles. The van der Waals surface area contributed by atoms with Crippen LogP contribution in [0.15, 0.2) is 11.1 Å². The lowest BCUT2D eigenvalue weighted by molar-refractivity contribution is -0.129. The maximum atomic E-state index is 11.4. The molecule has 0 aromatic heterocycles. The van der Waals surface area contributed by atoms with Gasteiger partial charge in [0.25, 0.3) is 0 Å². The molecule has 1 amide bonds. The van der Waals surface area contributed by atoms with Crippen LogP contribution in [0.3, 0.4) is 0 Å². The second-order valence-electron chi connectivity index (χ2n) is 4.12. The molecule has 0 spiro atoms. The SMILES string of the molecule is CN1CCC2=C(C1)CN(C)C(=O)C2. The minimum Gasteiger partial charge on any atom is -0.341 e. The van der Waals surface area contributed by atoms with Crippen LogP contribution in [0.25, 0.3) is 0 Å². The Balaban J connectivity index is 2.19. The molecule has 0 saturated carbocycles. The van der Waals surface area contributed by atoms with Crippen molar-refractivity contribution >= 4 is 5.91 Å². The first-order valence-corrected chi connectivity index (χ1v) is 4.79. The third kappa shape index (κ3) is 1.61. The molecule has 0 aliphatic carbocycles. The Labute approximate surface area is 79.0 Å². The molecule has 0 bridgehead atoms. The number of carbonyl (C=O) groups is 1. The minimum atomic E-state index is 0.281. The summed E-state index contributed by atoms with van der Waals surface area (Å²) in [5.41, 5.74) is 2.87. The van der Waals surface area contributed by atoms with Crippen molar-refractivity contribution in [1.82, 2.24) is 9.80 Å². The summed E-state index contributed by atoms with van der Waals surface area (Å²) in [6.45, 7) is 3.00. The first-order chi connectivity index (χ1) is 6.16. The summed E-state index contributed by atoms with van der Waals surface area (Å²) in [6, 6.07) is 0. The van der Waals surface area contributed by atoms with E-state index in [2.05, 4.69) is 11.9 Å². The average Bonchev–Trinajstić information content (AvgIpc) is 2.08. The van der Waals surface area contributed by atoms with Gasteiger partial charge in [-0.25, -0.2) is 0 Å². The maximum Gasteiger partial charge on any atom is 0.226 e. The number of rotatable bonds is 0. The fourth-order valence-electron chi connectivity index (χ4n) is 2.09. The minimum absolute atomic E-state index is 0.281. The van der Waals surface area contributed by atoms with Gasteiger partial charge in [-0.15, -0.1) is 0 Å². The smallest absolute Gasteiger partial charge is 0.226 e. The summed E-state index contributed by atoms with van der Waals surface area (Å²) in [4.78, 5) is 15.6. The molecule has 2 rings (SSSR count). The molecule has 2 aliphatic rings. The van der Waals surface area contributed by atoms with Crippen molar-refractivity contribution < 1.29 is 4.79 Å². The van der Waals surface area contributed by atoms with Gasteiger partial charge in [0.15, 0.2) is 0 Å². The zero-order chi connectivity index (χ0) is 9.42. The molecule has 0 radical (unpaired) electrons. The topological polar surface area (TPSA) is 23.6 Å². The van der Waals surface area contributed by atoms with Gasteiger partial charge in [0.2, 0.25) is 5.91 Å². The van der Waals surface area contributed by atoms with Gasteiger partial charge >= 0.3 is 0 Å². The van der Waals surface area contributed by atoms with E-state index in [1.807, 2.05) is 11.9 Å². The van der Waals surface area contributed by atoms with Crippen molar-refractivity contribution in [3.63, 3.8) is 0 Å². The highest BCUT2D eigenvalue weighted by molar-refractivity contribution is 5.80. The molecule has 0 saturated heterocycles. The number of nitrogens with zero attached hydrogens (tertiary/aromatic N) is 2. The van der Waals surface area contributed by atoms with E-state index < -0.39 is 0 Å². The van der Waals surface area contributed by atoms with Crippen LogP contribution in [0.1, 0.15) is 12.8 Å². The van der Waals surface area contributed by atoms with Crippen LogP contribution in [0.4, 0.5) is 0 Å². The van der Waals surface area contributed by atoms with Crippen LogP contribution in [0.5, 0.6) is 0 Å². The summed E-state index contributed by atoms with van der Waals surface area (Å²) < 4.78 is 0. The van der Waals surface area contributed by atoms with Crippen molar-refractivity contribution in [2.45, 2.75) is 12.8 Å². The highest BCUT2D eigenvalue weighted by atomic mass is 16.2. The molecule has 3 heteroatoms. The number of likely N-dealkylation sites (N-methyl/N-ethyl adjacent to an activating group) is 2. The van der Waals surface area contributed by atoms with Crippen LogP contribution in [-0.2, 0) is 4.79 Å². The van der Waals surface area contributed by atoms with Gasteiger partial charge in [-0.1, -0.05) is 5.57 Å². The van der Waals surface area contributed by atoms with Gasteiger partial charge < -0.3 is 9.80 Å². The van der Waals surface area contributed by atoms with Crippen LogP contribution >= 0.6 is 0 Å². The lowest BCUT2D eigenvalue weighted by Crippen LogP contribution is -2.40. The summed E-state index contributed by atoms with van der Waals surface area (Å²) >= 11 is 0. The Hall–Kier alpha value is -0.830. The first-order valence-electron chi connectivity index (χ1n) is 4.79. The van der Waals surface area contributed by atoms with Crippen LogP contribution in [0, 0.1) is 0 Å². The van der Waals surface area contributed by atoms with Crippen molar-refractivity contribution in [3.05, 3.63) is 11.1 Å². The molecular weight excluding hydrogens is 164 g/mol. The van der Waals surface area contributed by atoms with E-state index >= 15 is 0 Å². The van der Waals surface area contributed by atoms with Gasteiger partial charge in [0.05, 0.1) is 0 Å². The molecule has 2 heterocycles. The first kappa shape index (κ1) is 8.75. The fourth-order valence-corrected chi connectivity index (χ4v) is 2.09. The Bertz CT molecular complexity index is 270. The molecule has 2 aliphatic heterocycles. The number of carbonyl (C=O) groups excluding carboxylic acids is 1. The Kier molecular flexibility index (Phi) is 2.12. The van der Waals surface area contributed by atoms with Gasteiger partial charge in [-0.2, -0.15) is 0 Å². The van der Waals surface area contributed by atoms with Crippen molar-refractivity contribution in [2.24, 2.45) is 0 Å². The molecule has 0 N–H and O–H groups in total. The van der Waals surface area contributed by atoms with Gasteiger partial charge in [-0.3, -0.25) is 4.79 Å². The standard InChI is InChI=1S/C10H16N2O/c1-11-4-3-8-5-10(13)12(2)7-9(8)6-11/h3-7H2,1-2H3. The largest absolute Gasteiger partial charge is 0.341 e. The van der Waals surface area contributed by atoms with Crippen molar-refractivity contribution in [1.29, 1.82) is 0 Å². The second-order valence-corrected chi connectivity index (χ2v) is 4.12. The van der Waals surface area contributed by atoms with Gasteiger partial charge in [-0.05, 0) is 19.0 Å². The highest BCUT2D eigenvalue weighted by Crippen LogP contribution is 2.25. The number of hydrogen-bond acceptors (Lipinski definition) is 2. The average molecular weight is 180 g/mol. The predicted molar refractivity (Wildman–Crippen MR) is 51.4 cm³/mol. The molecular formula is C10H16N2O. The predicted octanol–water partition coefficient (Wildman–Crippen LogP) is 0.481. The molecule has 72 valence electrons. The number of amides is 1. The van der Waals surface area contributed by atoms with E-state index in [0.29, 0.717) is 6.42 Å². The molecule has 0 aromatic rings. The third-order valence-corrected chi connectivity index (χ3v) is 2.97. The van der Waals surface area contributed by atoms with Crippen molar-refractivity contribution in [2.75, 3.05) is 33.7 Å². The summed E-state index contributed by atoms with van der Waals surface area (Å²) in [6.07, 6.45) is 1.76. The summed E-state index contributed by atoms with van der Waals surface area (Å²) in [5, 5.41) is 0. The molecule has 0 fully saturated rings. The van der Waals surface area contributed by atoms with Gasteiger partial charge in [0, 0.05) is 33.1 Å². The van der Waals surface area contributed by atoms with E-state index in [0.717, 1.165) is 26.1 Å². The zero-order valence-corrected chi connectivity index (χ0v) is 8.34. The van der Waals surface area contributed by atoms with E-state index in [1.165, 1.54) is 11.1 Å². The third-order valence-electron chi connectivity index (χ3n) is 2.97. The van der Waals surface area contributed by atoms with Crippen LogP contribution in [0.2, 0.25) is 0 Å². The van der Waals surface area contributed by atoms with Crippen molar-refractivity contribution in [3.8, 4) is 0 Å². The quantitative estimate of drug-likeness (QED) is 0.506. The summed E-state index contributed by atoms with van der Waals surface area (Å²) in [7, 11) is 4.03. The zero-order valence-electron chi connectivity index (χ0n) is 8.34. The molecule has 0 atom stereocenters. The fraction of sp³-hybridized carbons (Fsp3) is 0.700. The lowest BCUT2D eigenvalue weighted by atomic mass is 9.93. The second kappa shape index (κ2) is 3.14. The summed E-state index contributed by atoms with van der Waals surface area (Å²) in [5.74, 6) is 0.281. The lowest BCUT2D eigenvalue weighted by Gasteiger charge is -2.34. The highest BCUT2D eigenvalue weighted by Gasteiger charge is 2.25. The van der Waals surface area contributed by atoms with Gasteiger partial charge in [0.1, 0.15) is 0 Å². The Morgan fingerprint density at radius 1 is 1.15 bits per heavy atom. The Morgan fingerprint density at radius 2 is 1.92 bits per heavy atom. The maximum absolute atomic E-state index is 11.4. The van der Waals surface area contributed by atoms with E-state index in [4.69, 9.17) is 0 Å². The van der Waals surface area contributed by atoms with E-state index in [-0.39, 0.29) is 5.91 Å². The van der Waals surface area contributed by atoms with E-state index in [9.17, 15) is 4.79 Å². The monoisotopic (exact) mass is 180 g/mol. The Morgan fingerprint density at radius 3 is 2.69 bits per heavy atom. The molecule has 13 heavy (non-hydrogen) atoms. The van der Waals surface area contributed by atoms with Crippen LogP contribution < -0.4 is 0 Å². The molecule has 3 nitrogen and oxygen atoms in total.